The lowest BCUT2D eigenvalue weighted by Crippen LogP contribution is -2.18. The van der Waals surface area contributed by atoms with Gasteiger partial charge in [0.05, 0.1) is 4.34 Å². The number of halogens is 3. The molecule has 0 fully saturated rings. The van der Waals surface area contributed by atoms with E-state index in [0.29, 0.717) is 5.02 Å². The molecule has 5 heteroatoms. The minimum absolute atomic E-state index is 0.130. The number of hydrogen-bond acceptors (Lipinski definition) is 2. The molecule has 2 aromatic rings. The molecule has 1 unspecified atom stereocenters. The second-order valence-corrected chi connectivity index (χ2v) is 6.56. The van der Waals surface area contributed by atoms with Gasteiger partial charge in [-0.25, -0.2) is 0 Å². The lowest BCUT2D eigenvalue weighted by Gasteiger charge is -2.17. The Morgan fingerprint density at radius 2 is 1.94 bits per heavy atom. The quantitative estimate of drug-likeness (QED) is 0.815. The lowest BCUT2D eigenvalue weighted by atomic mass is 10.0. The summed E-state index contributed by atoms with van der Waals surface area (Å²) < 4.78 is 0.803. The van der Waals surface area contributed by atoms with Gasteiger partial charge in [0.25, 0.3) is 0 Å². The molecule has 0 amide bonds. The van der Waals surface area contributed by atoms with E-state index in [1.807, 2.05) is 31.3 Å². The standard InChI is InChI=1S/C13H12Cl3NS/c1-17-12(7-9-3-5-13(16)18-9)10-6-8(14)2-4-11(10)15/h2-6,12,17H,7H2,1H3. The Morgan fingerprint density at radius 1 is 1.17 bits per heavy atom. The van der Waals surface area contributed by atoms with Crippen LogP contribution in [-0.4, -0.2) is 7.05 Å². The van der Waals surface area contributed by atoms with Crippen molar-refractivity contribution >= 4 is 46.1 Å². The Hall–Kier alpha value is -0.250. The van der Waals surface area contributed by atoms with Gasteiger partial charge >= 0.3 is 0 Å². The highest BCUT2D eigenvalue weighted by molar-refractivity contribution is 7.16. The molecule has 1 heterocycles. The molecule has 1 aromatic carbocycles. The third-order valence-electron chi connectivity index (χ3n) is 2.72. The summed E-state index contributed by atoms with van der Waals surface area (Å²) in [6.07, 6.45) is 0.841. The van der Waals surface area contributed by atoms with Crippen LogP contribution in [-0.2, 0) is 6.42 Å². The normalized spacial score (nSPS) is 12.7. The molecule has 1 atom stereocenters. The summed E-state index contributed by atoms with van der Waals surface area (Å²) in [4.78, 5) is 1.22. The van der Waals surface area contributed by atoms with Gasteiger partial charge in [0, 0.05) is 27.4 Å². The van der Waals surface area contributed by atoms with Crippen LogP contribution in [0, 0.1) is 0 Å². The van der Waals surface area contributed by atoms with Crippen LogP contribution in [0.5, 0.6) is 0 Å². The van der Waals surface area contributed by atoms with Crippen molar-refractivity contribution in [3.05, 3.63) is 55.2 Å². The summed E-state index contributed by atoms with van der Waals surface area (Å²) >= 11 is 19.8. The zero-order valence-electron chi connectivity index (χ0n) is 9.71. The first-order chi connectivity index (χ1) is 8.60. The molecule has 0 saturated carbocycles. The van der Waals surface area contributed by atoms with E-state index in [0.717, 1.165) is 21.3 Å². The summed E-state index contributed by atoms with van der Waals surface area (Å²) in [6.45, 7) is 0. The summed E-state index contributed by atoms with van der Waals surface area (Å²) in [5.41, 5.74) is 1.01. The molecule has 0 aliphatic heterocycles. The first-order valence-electron chi connectivity index (χ1n) is 5.46. The maximum Gasteiger partial charge on any atom is 0.0931 e. The third-order valence-corrected chi connectivity index (χ3v) is 4.55. The number of benzene rings is 1. The molecule has 0 bridgehead atoms. The number of thiophene rings is 1. The molecule has 0 spiro atoms. The van der Waals surface area contributed by atoms with Crippen LogP contribution in [0.25, 0.3) is 0 Å². The Labute approximate surface area is 126 Å². The fourth-order valence-corrected chi connectivity index (χ4v) is 3.37. The third kappa shape index (κ3) is 3.40. The van der Waals surface area contributed by atoms with E-state index in [4.69, 9.17) is 34.8 Å². The van der Waals surface area contributed by atoms with Crippen LogP contribution in [0.4, 0.5) is 0 Å². The first-order valence-corrected chi connectivity index (χ1v) is 7.41. The predicted octanol–water partition coefficient (Wildman–Crippen LogP) is 5.21. The molecule has 1 N–H and O–H groups in total. The zero-order chi connectivity index (χ0) is 13.1. The van der Waals surface area contributed by atoms with Crippen molar-refractivity contribution in [1.29, 1.82) is 0 Å². The van der Waals surface area contributed by atoms with Crippen molar-refractivity contribution in [2.75, 3.05) is 7.05 Å². The molecule has 2 rings (SSSR count). The zero-order valence-corrected chi connectivity index (χ0v) is 12.8. The van der Waals surface area contributed by atoms with Crippen molar-refractivity contribution in [3.63, 3.8) is 0 Å². The van der Waals surface area contributed by atoms with Gasteiger partial charge in [-0.2, -0.15) is 0 Å². The molecule has 0 radical (unpaired) electrons. The van der Waals surface area contributed by atoms with E-state index in [-0.39, 0.29) is 6.04 Å². The minimum atomic E-state index is 0.130. The Morgan fingerprint density at radius 3 is 2.56 bits per heavy atom. The smallest absolute Gasteiger partial charge is 0.0931 e. The SMILES string of the molecule is CNC(Cc1ccc(Cl)s1)c1cc(Cl)ccc1Cl. The number of nitrogens with one attached hydrogen (secondary N) is 1. The van der Waals surface area contributed by atoms with Gasteiger partial charge in [-0.3, -0.25) is 0 Å². The number of likely N-dealkylation sites (N-methyl/N-ethyl adjacent to an activating group) is 1. The maximum atomic E-state index is 6.22. The van der Waals surface area contributed by atoms with Crippen molar-refractivity contribution in [2.45, 2.75) is 12.5 Å². The molecule has 18 heavy (non-hydrogen) atoms. The van der Waals surface area contributed by atoms with Crippen LogP contribution >= 0.6 is 46.1 Å². The topological polar surface area (TPSA) is 12.0 Å². The molecule has 1 nitrogen and oxygen atoms in total. The van der Waals surface area contributed by atoms with Crippen LogP contribution in [0.2, 0.25) is 14.4 Å². The van der Waals surface area contributed by atoms with Gasteiger partial charge in [-0.15, -0.1) is 11.3 Å². The summed E-state index contributed by atoms with van der Waals surface area (Å²) in [5.74, 6) is 0. The largest absolute Gasteiger partial charge is 0.313 e. The highest BCUT2D eigenvalue weighted by atomic mass is 35.5. The van der Waals surface area contributed by atoms with Gasteiger partial charge in [-0.1, -0.05) is 34.8 Å². The van der Waals surface area contributed by atoms with Gasteiger partial charge in [0.1, 0.15) is 0 Å². The van der Waals surface area contributed by atoms with Crippen molar-refractivity contribution < 1.29 is 0 Å². The average Bonchev–Trinajstić information content (AvgIpc) is 2.75. The van der Waals surface area contributed by atoms with Crippen molar-refractivity contribution in [3.8, 4) is 0 Å². The van der Waals surface area contributed by atoms with E-state index in [1.165, 1.54) is 4.88 Å². The van der Waals surface area contributed by atoms with E-state index >= 15 is 0 Å². The monoisotopic (exact) mass is 319 g/mol. The highest BCUT2D eigenvalue weighted by Gasteiger charge is 2.15. The fraction of sp³-hybridized carbons (Fsp3) is 0.231. The van der Waals surface area contributed by atoms with Gasteiger partial charge in [0.2, 0.25) is 0 Å². The second kappa shape index (κ2) is 6.27. The highest BCUT2D eigenvalue weighted by Crippen LogP contribution is 2.31. The molecule has 0 saturated heterocycles. The maximum absolute atomic E-state index is 6.22. The van der Waals surface area contributed by atoms with E-state index in [9.17, 15) is 0 Å². The van der Waals surface area contributed by atoms with Crippen LogP contribution in [0.1, 0.15) is 16.5 Å². The molecular weight excluding hydrogens is 309 g/mol. The lowest BCUT2D eigenvalue weighted by molar-refractivity contribution is 0.597. The van der Waals surface area contributed by atoms with Gasteiger partial charge in [0.15, 0.2) is 0 Å². The van der Waals surface area contributed by atoms with Crippen molar-refractivity contribution in [2.24, 2.45) is 0 Å². The predicted molar refractivity (Wildman–Crippen MR) is 81.3 cm³/mol. The Bertz CT molecular complexity index is 539. The number of rotatable bonds is 4. The molecular formula is C13H12Cl3NS. The fourth-order valence-electron chi connectivity index (χ4n) is 1.81. The average molecular weight is 321 g/mol. The van der Waals surface area contributed by atoms with Crippen LogP contribution in [0.3, 0.4) is 0 Å². The van der Waals surface area contributed by atoms with Crippen LogP contribution < -0.4 is 5.32 Å². The van der Waals surface area contributed by atoms with Crippen LogP contribution in [0.15, 0.2) is 30.3 Å². The first kappa shape index (κ1) is 14.2. The van der Waals surface area contributed by atoms with E-state index < -0.39 is 0 Å². The molecule has 0 aliphatic carbocycles. The Kier molecular flexibility index (Phi) is 4.93. The summed E-state index contributed by atoms with van der Waals surface area (Å²) in [6, 6.07) is 9.60. The Balaban J connectivity index is 2.25. The van der Waals surface area contributed by atoms with E-state index in [1.54, 1.807) is 17.4 Å². The number of hydrogen-bond donors (Lipinski definition) is 1. The van der Waals surface area contributed by atoms with Gasteiger partial charge in [-0.05, 0) is 42.9 Å². The minimum Gasteiger partial charge on any atom is -0.313 e. The molecule has 96 valence electrons. The summed E-state index contributed by atoms with van der Waals surface area (Å²) in [5, 5.41) is 4.68. The van der Waals surface area contributed by atoms with E-state index in [2.05, 4.69) is 5.32 Å². The summed E-state index contributed by atoms with van der Waals surface area (Å²) in [7, 11) is 1.91. The second-order valence-electron chi connectivity index (χ2n) is 3.92. The van der Waals surface area contributed by atoms with Gasteiger partial charge < -0.3 is 5.32 Å². The van der Waals surface area contributed by atoms with Crippen molar-refractivity contribution in [1.82, 2.24) is 5.32 Å². The molecule has 1 aromatic heterocycles. The molecule has 0 aliphatic rings.